The molecule has 0 bridgehead atoms. The lowest BCUT2D eigenvalue weighted by Crippen LogP contribution is -2.43. The fraction of sp³-hybridized carbons (Fsp3) is 0.171. The van der Waals surface area contributed by atoms with Gasteiger partial charge in [0.05, 0.1) is 42.6 Å². The van der Waals surface area contributed by atoms with Crippen molar-refractivity contribution in [1.29, 1.82) is 0 Å². The standard InChI is InChI=1S/C35H30F2N2O8S/c1-46-29-15-20(18-40)16-30(47-2)31(29)25-11-10-22(24-9-6-12-38-33(24)25)17-28(35(42)43)39-34(41)32-26(36)13-21(14-27(32)37)19-48(44,45)23-7-4-3-5-8-23/h3-16,28,40H,17-19H2,1-2H3,(H,39,41)(H,42,43)/t28-/m0/s1. The number of aliphatic hydroxyl groups is 1. The minimum absolute atomic E-state index is 0.0365. The van der Waals surface area contributed by atoms with E-state index in [0.29, 0.717) is 44.7 Å². The first kappa shape index (κ1) is 33.9. The number of amides is 1. The number of nitrogens with zero attached hydrogens (tertiary/aromatic N) is 1. The highest BCUT2D eigenvalue weighted by Gasteiger charge is 2.28. The van der Waals surface area contributed by atoms with Crippen LogP contribution in [0.2, 0.25) is 0 Å². The van der Waals surface area contributed by atoms with E-state index in [0.717, 1.165) is 12.1 Å². The van der Waals surface area contributed by atoms with Gasteiger partial charge in [-0.25, -0.2) is 22.0 Å². The number of nitrogens with one attached hydrogen (secondary N) is 1. The maximum Gasteiger partial charge on any atom is 0.326 e. The number of aromatic nitrogens is 1. The number of rotatable bonds is 12. The summed E-state index contributed by atoms with van der Waals surface area (Å²) in [6, 6.07) is 17.2. The van der Waals surface area contributed by atoms with Crippen LogP contribution in [0.4, 0.5) is 8.78 Å². The molecule has 0 saturated heterocycles. The van der Waals surface area contributed by atoms with Gasteiger partial charge in [0, 0.05) is 23.6 Å². The van der Waals surface area contributed by atoms with E-state index >= 15 is 8.78 Å². The van der Waals surface area contributed by atoms with Crippen LogP contribution >= 0.6 is 0 Å². The molecule has 5 rings (SSSR count). The van der Waals surface area contributed by atoms with Crippen molar-refractivity contribution in [3.8, 4) is 22.6 Å². The molecule has 13 heteroatoms. The first-order valence-corrected chi connectivity index (χ1v) is 16.1. The molecule has 248 valence electrons. The Kier molecular flexibility index (Phi) is 10.0. The number of hydrogen-bond acceptors (Lipinski definition) is 8. The third-order valence-electron chi connectivity index (χ3n) is 7.69. The first-order valence-electron chi connectivity index (χ1n) is 14.5. The Labute approximate surface area is 274 Å². The van der Waals surface area contributed by atoms with Gasteiger partial charge in [0.1, 0.15) is 34.7 Å². The Morgan fingerprint density at radius 3 is 2.12 bits per heavy atom. The summed E-state index contributed by atoms with van der Waals surface area (Å²) in [5.74, 6) is -5.38. The predicted molar refractivity (Wildman–Crippen MR) is 172 cm³/mol. The number of pyridine rings is 1. The molecule has 1 atom stereocenters. The Hall–Kier alpha value is -5.40. The topological polar surface area (TPSA) is 152 Å². The number of halogens is 2. The van der Waals surface area contributed by atoms with Gasteiger partial charge in [-0.3, -0.25) is 9.78 Å². The molecule has 0 aliphatic heterocycles. The van der Waals surface area contributed by atoms with Crippen molar-refractivity contribution >= 4 is 32.6 Å². The van der Waals surface area contributed by atoms with Crippen molar-refractivity contribution in [2.24, 2.45) is 0 Å². The number of methoxy groups -OCH3 is 2. The van der Waals surface area contributed by atoms with E-state index < -0.39 is 50.7 Å². The van der Waals surface area contributed by atoms with Crippen molar-refractivity contribution < 1.29 is 46.5 Å². The second-order valence-electron chi connectivity index (χ2n) is 10.8. The molecule has 0 saturated carbocycles. The van der Waals surface area contributed by atoms with Crippen LogP contribution in [0.5, 0.6) is 11.5 Å². The van der Waals surface area contributed by atoms with Crippen LogP contribution in [0.3, 0.4) is 0 Å². The van der Waals surface area contributed by atoms with E-state index in [1.54, 1.807) is 48.7 Å². The number of aliphatic hydroxyl groups excluding tert-OH is 1. The van der Waals surface area contributed by atoms with E-state index in [1.165, 1.54) is 38.5 Å². The largest absolute Gasteiger partial charge is 0.496 e. The molecule has 5 aromatic rings. The second-order valence-corrected chi connectivity index (χ2v) is 12.8. The van der Waals surface area contributed by atoms with Gasteiger partial charge in [-0.15, -0.1) is 0 Å². The van der Waals surface area contributed by atoms with E-state index in [-0.39, 0.29) is 23.5 Å². The summed E-state index contributed by atoms with van der Waals surface area (Å²) in [7, 11) is -1.00. The Bertz CT molecular complexity index is 2080. The Morgan fingerprint density at radius 2 is 1.54 bits per heavy atom. The number of carbonyl (C=O) groups is 2. The molecule has 0 radical (unpaired) electrons. The smallest absolute Gasteiger partial charge is 0.326 e. The minimum Gasteiger partial charge on any atom is -0.496 e. The molecular formula is C35H30F2N2O8S. The number of ether oxygens (including phenoxy) is 2. The minimum atomic E-state index is -3.94. The van der Waals surface area contributed by atoms with Gasteiger partial charge in [0.15, 0.2) is 9.84 Å². The number of sulfone groups is 1. The fourth-order valence-corrected chi connectivity index (χ4v) is 6.79. The second kappa shape index (κ2) is 14.2. The van der Waals surface area contributed by atoms with Crippen LogP contribution < -0.4 is 14.8 Å². The van der Waals surface area contributed by atoms with Crippen LogP contribution in [0.1, 0.15) is 27.0 Å². The van der Waals surface area contributed by atoms with Crippen molar-refractivity contribution in [1.82, 2.24) is 10.3 Å². The van der Waals surface area contributed by atoms with Crippen molar-refractivity contribution in [2.45, 2.75) is 29.7 Å². The van der Waals surface area contributed by atoms with Gasteiger partial charge in [0.25, 0.3) is 5.91 Å². The zero-order chi connectivity index (χ0) is 34.6. The lowest BCUT2D eigenvalue weighted by molar-refractivity contribution is -0.139. The highest BCUT2D eigenvalue weighted by molar-refractivity contribution is 7.90. The Morgan fingerprint density at radius 1 is 0.896 bits per heavy atom. The van der Waals surface area contributed by atoms with Crippen LogP contribution in [-0.2, 0) is 33.4 Å². The van der Waals surface area contributed by atoms with Gasteiger partial charge in [-0.1, -0.05) is 36.4 Å². The maximum atomic E-state index is 15.1. The molecule has 0 aliphatic rings. The SMILES string of the molecule is COc1cc(CO)cc(OC)c1-c1ccc(C[C@H](NC(=O)c2c(F)cc(CS(=O)(=O)c3ccccc3)cc2F)C(=O)O)c2cccnc12. The molecule has 0 fully saturated rings. The average Bonchev–Trinajstić information content (AvgIpc) is 3.07. The molecule has 3 N–H and O–H groups in total. The molecule has 0 aliphatic carbocycles. The molecule has 1 heterocycles. The van der Waals surface area contributed by atoms with Gasteiger partial charge in [-0.05, 0) is 59.2 Å². The van der Waals surface area contributed by atoms with E-state index in [4.69, 9.17) is 9.47 Å². The summed E-state index contributed by atoms with van der Waals surface area (Å²) in [4.78, 5) is 29.8. The number of carbonyl (C=O) groups excluding carboxylic acids is 1. The van der Waals surface area contributed by atoms with Gasteiger partial charge >= 0.3 is 5.97 Å². The third-order valence-corrected chi connectivity index (χ3v) is 9.40. The van der Waals surface area contributed by atoms with Crippen molar-refractivity contribution in [3.63, 3.8) is 0 Å². The van der Waals surface area contributed by atoms with Gasteiger partial charge in [0.2, 0.25) is 0 Å². The van der Waals surface area contributed by atoms with Gasteiger partial charge in [-0.2, -0.15) is 0 Å². The maximum absolute atomic E-state index is 15.1. The molecular weight excluding hydrogens is 646 g/mol. The summed E-state index contributed by atoms with van der Waals surface area (Å²) < 4.78 is 66.8. The number of carboxylic acid groups (broad SMARTS) is 1. The third kappa shape index (κ3) is 6.97. The van der Waals surface area contributed by atoms with Crippen LogP contribution in [0, 0.1) is 11.6 Å². The summed E-state index contributed by atoms with van der Waals surface area (Å²) in [5, 5.41) is 22.4. The van der Waals surface area contributed by atoms with E-state index in [1.807, 2.05) is 0 Å². The highest BCUT2D eigenvalue weighted by atomic mass is 32.2. The van der Waals surface area contributed by atoms with Crippen molar-refractivity contribution in [2.75, 3.05) is 14.2 Å². The molecule has 4 aromatic carbocycles. The number of aliphatic carboxylic acids is 1. The van der Waals surface area contributed by atoms with Crippen LogP contribution in [0.15, 0.2) is 90.0 Å². The fourth-order valence-electron chi connectivity index (χ4n) is 5.44. The number of carboxylic acids is 1. The van der Waals surface area contributed by atoms with E-state index in [9.17, 15) is 28.2 Å². The summed E-state index contributed by atoms with van der Waals surface area (Å²) in [6.07, 6.45) is 1.27. The lowest BCUT2D eigenvalue weighted by Gasteiger charge is -2.19. The van der Waals surface area contributed by atoms with Crippen molar-refractivity contribution in [3.05, 3.63) is 119 Å². The highest BCUT2D eigenvalue weighted by Crippen LogP contribution is 2.43. The quantitative estimate of drug-likeness (QED) is 0.164. The molecule has 1 amide bonds. The molecule has 48 heavy (non-hydrogen) atoms. The number of hydrogen-bond donors (Lipinski definition) is 3. The normalized spacial score (nSPS) is 12.0. The predicted octanol–water partition coefficient (Wildman–Crippen LogP) is 5.09. The number of benzene rings is 4. The summed E-state index contributed by atoms with van der Waals surface area (Å²) in [5.41, 5.74) is 1.33. The molecule has 10 nitrogen and oxygen atoms in total. The van der Waals surface area contributed by atoms with Crippen LogP contribution in [0.25, 0.3) is 22.0 Å². The monoisotopic (exact) mass is 676 g/mol. The lowest BCUT2D eigenvalue weighted by atomic mass is 9.93. The first-order chi connectivity index (χ1) is 23.0. The Balaban J connectivity index is 1.44. The molecule has 1 aromatic heterocycles. The zero-order valence-corrected chi connectivity index (χ0v) is 26.6. The van der Waals surface area contributed by atoms with E-state index in [2.05, 4.69) is 10.3 Å². The summed E-state index contributed by atoms with van der Waals surface area (Å²) >= 11 is 0. The zero-order valence-electron chi connectivity index (χ0n) is 25.7. The summed E-state index contributed by atoms with van der Waals surface area (Å²) in [6.45, 7) is -0.249. The van der Waals surface area contributed by atoms with Gasteiger partial charge < -0.3 is 25.0 Å². The average molecular weight is 677 g/mol. The molecule has 0 unspecified atom stereocenters. The molecule has 0 spiro atoms. The van der Waals surface area contributed by atoms with Crippen LogP contribution in [-0.4, -0.2) is 55.8 Å². The number of fused-ring (bicyclic) bond motifs is 1.